The van der Waals surface area contributed by atoms with Crippen molar-refractivity contribution in [2.45, 2.75) is 38.9 Å². The maximum atomic E-state index is 5.72. The number of rotatable bonds is 7. The number of nitrogens with one attached hydrogen (secondary N) is 1. The fourth-order valence-electron chi connectivity index (χ4n) is 2.00. The molecule has 1 saturated carbocycles. The molecule has 0 spiro atoms. The van der Waals surface area contributed by atoms with E-state index in [0.29, 0.717) is 19.2 Å². The van der Waals surface area contributed by atoms with E-state index in [1.54, 1.807) is 4.68 Å². The Morgan fingerprint density at radius 2 is 2.30 bits per heavy atom. The molecule has 20 heavy (non-hydrogen) atoms. The van der Waals surface area contributed by atoms with E-state index in [0.717, 1.165) is 18.1 Å². The average molecular weight is 273 g/mol. The zero-order valence-electron chi connectivity index (χ0n) is 11.6. The summed E-state index contributed by atoms with van der Waals surface area (Å²) < 4.78 is 7.51. The number of ether oxygens (including phenoxy) is 1. The van der Waals surface area contributed by atoms with Crippen LogP contribution in [0.5, 0.6) is 5.75 Å². The molecule has 0 unspecified atom stereocenters. The zero-order chi connectivity index (χ0) is 13.8. The lowest BCUT2D eigenvalue weighted by molar-refractivity contribution is 0.286. The van der Waals surface area contributed by atoms with Gasteiger partial charge in [0.25, 0.3) is 0 Å². The maximum absolute atomic E-state index is 5.72. The number of nitrogens with zero attached hydrogens (tertiary/aromatic N) is 4. The first-order valence-electron chi connectivity index (χ1n) is 6.99. The van der Waals surface area contributed by atoms with E-state index in [4.69, 9.17) is 4.74 Å². The molecule has 1 aliphatic carbocycles. The fourth-order valence-corrected chi connectivity index (χ4v) is 2.00. The highest BCUT2D eigenvalue weighted by atomic mass is 16.5. The lowest BCUT2D eigenvalue weighted by Crippen LogP contribution is -2.21. The standard InChI is InChI=1S/C14H19N5O/c1-11-3-2-4-13(9-11)20-8-7-19-14(16-17-18-19)10-15-12-5-6-12/h2-4,9,12,15H,5-8,10H2,1H3. The molecule has 1 heterocycles. The van der Waals surface area contributed by atoms with Gasteiger partial charge in [-0.15, -0.1) is 5.10 Å². The second kappa shape index (κ2) is 6.00. The SMILES string of the molecule is Cc1cccc(OCCn2nnnc2CNC2CC2)c1. The number of hydrogen-bond acceptors (Lipinski definition) is 5. The van der Waals surface area contributed by atoms with Crippen molar-refractivity contribution in [2.24, 2.45) is 0 Å². The van der Waals surface area contributed by atoms with Crippen LogP contribution in [0.2, 0.25) is 0 Å². The summed E-state index contributed by atoms with van der Waals surface area (Å²) in [5.74, 6) is 1.75. The Morgan fingerprint density at radius 3 is 3.10 bits per heavy atom. The Morgan fingerprint density at radius 1 is 1.40 bits per heavy atom. The minimum Gasteiger partial charge on any atom is -0.492 e. The summed E-state index contributed by atoms with van der Waals surface area (Å²) in [7, 11) is 0. The van der Waals surface area contributed by atoms with Gasteiger partial charge >= 0.3 is 0 Å². The third kappa shape index (κ3) is 3.54. The summed E-state index contributed by atoms with van der Waals surface area (Å²) in [4.78, 5) is 0. The van der Waals surface area contributed by atoms with Gasteiger partial charge in [-0.05, 0) is 47.9 Å². The first-order chi connectivity index (χ1) is 9.81. The fraction of sp³-hybridized carbons (Fsp3) is 0.500. The van der Waals surface area contributed by atoms with Gasteiger partial charge in [0.05, 0.1) is 13.1 Å². The number of aromatic nitrogens is 4. The van der Waals surface area contributed by atoms with E-state index in [-0.39, 0.29) is 0 Å². The zero-order valence-corrected chi connectivity index (χ0v) is 11.6. The Labute approximate surface area is 118 Å². The van der Waals surface area contributed by atoms with Gasteiger partial charge < -0.3 is 10.1 Å². The first-order valence-corrected chi connectivity index (χ1v) is 6.99. The molecule has 0 aliphatic heterocycles. The van der Waals surface area contributed by atoms with Crippen LogP contribution >= 0.6 is 0 Å². The van der Waals surface area contributed by atoms with Crippen molar-refractivity contribution >= 4 is 0 Å². The Bertz CT molecular complexity index is 564. The molecule has 1 fully saturated rings. The van der Waals surface area contributed by atoms with Crippen molar-refractivity contribution in [2.75, 3.05) is 6.61 Å². The quantitative estimate of drug-likeness (QED) is 0.824. The summed E-state index contributed by atoms with van der Waals surface area (Å²) in [6.45, 7) is 3.99. The molecule has 0 atom stereocenters. The van der Waals surface area contributed by atoms with E-state index in [1.807, 2.05) is 18.2 Å². The third-order valence-electron chi connectivity index (χ3n) is 3.29. The molecule has 2 aromatic rings. The predicted molar refractivity (Wildman–Crippen MR) is 74.4 cm³/mol. The van der Waals surface area contributed by atoms with Gasteiger partial charge in [-0.1, -0.05) is 12.1 Å². The molecule has 1 aliphatic rings. The molecule has 1 aromatic carbocycles. The second-order valence-electron chi connectivity index (χ2n) is 5.14. The van der Waals surface area contributed by atoms with Gasteiger partial charge in [0.2, 0.25) is 0 Å². The molecule has 1 aromatic heterocycles. The molecule has 1 N–H and O–H groups in total. The van der Waals surface area contributed by atoms with Crippen molar-refractivity contribution in [3.63, 3.8) is 0 Å². The van der Waals surface area contributed by atoms with Crippen LogP contribution in [-0.4, -0.2) is 32.9 Å². The summed E-state index contributed by atoms with van der Waals surface area (Å²) in [5.41, 5.74) is 1.19. The highest BCUT2D eigenvalue weighted by Gasteiger charge is 2.21. The molecule has 0 amide bonds. The second-order valence-corrected chi connectivity index (χ2v) is 5.14. The predicted octanol–water partition coefficient (Wildman–Crippen LogP) is 1.31. The van der Waals surface area contributed by atoms with Gasteiger partial charge in [-0.3, -0.25) is 0 Å². The summed E-state index contributed by atoms with van der Waals surface area (Å²) in [6, 6.07) is 8.68. The van der Waals surface area contributed by atoms with Crippen molar-refractivity contribution in [1.29, 1.82) is 0 Å². The van der Waals surface area contributed by atoms with Crippen LogP contribution in [0.15, 0.2) is 24.3 Å². The lowest BCUT2D eigenvalue weighted by atomic mass is 10.2. The number of benzene rings is 1. The molecule has 106 valence electrons. The van der Waals surface area contributed by atoms with Crippen LogP contribution in [0.1, 0.15) is 24.2 Å². The number of tetrazole rings is 1. The topological polar surface area (TPSA) is 64.9 Å². The number of hydrogen-bond donors (Lipinski definition) is 1. The Balaban J connectivity index is 1.49. The molecule has 6 nitrogen and oxygen atoms in total. The summed E-state index contributed by atoms with van der Waals surface area (Å²) >= 11 is 0. The van der Waals surface area contributed by atoms with Gasteiger partial charge in [0.1, 0.15) is 12.4 Å². The smallest absolute Gasteiger partial charge is 0.165 e. The molecular weight excluding hydrogens is 254 g/mol. The van der Waals surface area contributed by atoms with Crippen molar-refractivity contribution in [3.8, 4) is 5.75 Å². The largest absolute Gasteiger partial charge is 0.492 e. The Kier molecular flexibility index (Phi) is 3.92. The molecule has 0 bridgehead atoms. The highest BCUT2D eigenvalue weighted by Crippen LogP contribution is 2.18. The van der Waals surface area contributed by atoms with E-state index in [2.05, 4.69) is 33.8 Å². The highest BCUT2D eigenvalue weighted by molar-refractivity contribution is 5.27. The normalized spacial score (nSPS) is 14.4. The van der Waals surface area contributed by atoms with Crippen LogP contribution in [0.25, 0.3) is 0 Å². The van der Waals surface area contributed by atoms with Crippen LogP contribution in [0, 0.1) is 6.92 Å². The van der Waals surface area contributed by atoms with Crippen molar-refractivity contribution in [3.05, 3.63) is 35.7 Å². The van der Waals surface area contributed by atoms with Crippen molar-refractivity contribution in [1.82, 2.24) is 25.5 Å². The maximum Gasteiger partial charge on any atom is 0.165 e. The third-order valence-corrected chi connectivity index (χ3v) is 3.29. The van der Waals surface area contributed by atoms with Crippen LogP contribution in [-0.2, 0) is 13.1 Å². The number of aryl methyl sites for hydroxylation is 1. The molecule has 0 saturated heterocycles. The van der Waals surface area contributed by atoms with Crippen LogP contribution in [0.3, 0.4) is 0 Å². The minimum atomic E-state index is 0.560. The molecule has 6 heteroatoms. The van der Waals surface area contributed by atoms with Gasteiger partial charge in [0.15, 0.2) is 5.82 Å². The van der Waals surface area contributed by atoms with Crippen LogP contribution in [0.4, 0.5) is 0 Å². The summed E-state index contributed by atoms with van der Waals surface area (Å²) in [5, 5.41) is 15.2. The van der Waals surface area contributed by atoms with Crippen LogP contribution < -0.4 is 10.1 Å². The van der Waals surface area contributed by atoms with E-state index in [9.17, 15) is 0 Å². The summed E-state index contributed by atoms with van der Waals surface area (Å²) in [6.07, 6.45) is 2.52. The van der Waals surface area contributed by atoms with Gasteiger partial charge in [0, 0.05) is 6.04 Å². The first kappa shape index (κ1) is 13.1. The monoisotopic (exact) mass is 273 g/mol. The average Bonchev–Trinajstić information content (AvgIpc) is 3.16. The molecule has 3 rings (SSSR count). The molecular formula is C14H19N5O. The van der Waals surface area contributed by atoms with E-state index in [1.165, 1.54) is 18.4 Å². The van der Waals surface area contributed by atoms with E-state index >= 15 is 0 Å². The van der Waals surface area contributed by atoms with Gasteiger partial charge in [-0.25, -0.2) is 4.68 Å². The van der Waals surface area contributed by atoms with Crippen molar-refractivity contribution < 1.29 is 4.74 Å². The molecule has 0 radical (unpaired) electrons. The van der Waals surface area contributed by atoms with E-state index < -0.39 is 0 Å². The Hall–Kier alpha value is -1.95. The lowest BCUT2D eigenvalue weighted by Gasteiger charge is -2.08. The van der Waals surface area contributed by atoms with Gasteiger partial charge in [-0.2, -0.15) is 0 Å². The minimum absolute atomic E-state index is 0.560.